The van der Waals surface area contributed by atoms with Gasteiger partial charge in [-0.05, 0) is 36.4 Å². The zero-order valence-electron chi connectivity index (χ0n) is 14.6. The average Bonchev–Trinajstić information content (AvgIpc) is 2.72. The fourth-order valence-corrected chi connectivity index (χ4v) is 3.09. The van der Waals surface area contributed by atoms with Crippen LogP contribution in [0.5, 0.6) is 11.5 Å². The van der Waals surface area contributed by atoms with Gasteiger partial charge in [-0.3, -0.25) is 9.59 Å². The summed E-state index contributed by atoms with van der Waals surface area (Å²) in [6.07, 6.45) is 0. The van der Waals surface area contributed by atoms with E-state index in [1.54, 1.807) is 48.5 Å². The number of nitrogens with one attached hydrogen (secondary N) is 2. The average molecular weight is 372 g/mol. The molecule has 0 spiro atoms. The van der Waals surface area contributed by atoms with E-state index in [-0.39, 0.29) is 34.0 Å². The molecular weight excluding hydrogens is 356 g/mol. The normalized spacial score (nSPS) is 13.3. The first-order valence-corrected chi connectivity index (χ1v) is 8.59. The Hall–Kier alpha value is -4.06. The number of para-hydroxylation sites is 2. The van der Waals surface area contributed by atoms with E-state index in [0.717, 1.165) is 0 Å². The second-order valence-corrected chi connectivity index (χ2v) is 6.24. The van der Waals surface area contributed by atoms with E-state index in [1.165, 1.54) is 12.1 Å². The number of allylic oxidation sites excluding steroid dienone is 2. The fourth-order valence-electron chi connectivity index (χ4n) is 3.09. The lowest BCUT2D eigenvalue weighted by molar-refractivity contribution is 0.0972. The molecule has 6 nitrogen and oxygen atoms in total. The summed E-state index contributed by atoms with van der Waals surface area (Å²) in [4.78, 5) is 26.3. The van der Waals surface area contributed by atoms with Crippen molar-refractivity contribution < 1.29 is 19.8 Å². The molecule has 0 aromatic heterocycles. The minimum atomic E-state index is -0.592. The topological polar surface area (TPSA) is 98.7 Å². The third-order valence-corrected chi connectivity index (χ3v) is 4.41. The summed E-state index contributed by atoms with van der Waals surface area (Å²) in [7, 11) is 0. The Morgan fingerprint density at radius 3 is 1.25 bits per heavy atom. The van der Waals surface area contributed by atoms with Crippen LogP contribution in [0.2, 0.25) is 0 Å². The van der Waals surface area contributed by atoms with Gasteiger partial charge in [-0.1, -0.05) is 36.4 Å². The number of benzene rings is 3. The predicted molar refractivity (Wildman–Crippen MR) is 106 cm³/mol. The molecule has 1 aliphatic rings. The van der Waals surface area contributed by atoms with Crippen LogP contribution < -0.4 is 10.6 Å². The minimum absolute atomic E-state index is 0.00606. The summed E-state index contributed by atoms with van der Waals surface area (Å²) in [6.45, 7) is 0. The molecule has 4 rings (SSSR count). The molecule has 0 unspecified atom stereocenters. The van der Waals surface area contributed by atoms with E-state index in [9.17, 15) is 19.8 Å². The number of hydrogen-bond acceptors (Lipinski definition) is 6. The lowest BCUT2D eigenvalue weighted by Gasteiger charge is -2.24. The fraction of sp³-hybridized carbons (Fsp3) is 0. The highest BCUT2D eigenvalue weighted by atomic mass is 16.3. The third kappa shape index (κ3) is 2.97. The molecule has 1 aliphatic carbocycles. The van der Waals surface area contributed by atoms with Crippen LogP contribution in [0.15, 0.2) is 84.2 Å². The molecule has 0 amide bonds. The van der Waals surface area contributed by atoms with Gasteiger partial charge in [-0.2, -0.15) is 0 Å². The molecule has 0 aliphatic heterocycles. The van der Waals surface area contributed by atoms with E-state index in [0.29, 0.717) is 11.4 Å². The second-order valence-electron chi connectivity index (χ2n) is 6.24. The van der Waals surface area contributed by atoms with Gasteiger partial charge < -0.3 is 20.8 Å². The van der Waals surface area contributed by atoms with Gasteiger partial charge >= 0.3 is 0 Å². The highest BCUT2D eigenvalue weighted by Gasteiger charge is 2.37. The van der Waals surface area contributed by atoms with Crippen molar-refractivity contribution in [1.82, 2.24) is 0 Å². The van der Waals surface area contributed by atoms with Gasteiger partial charge in [0.15, 0.2) is 0 Å². The predicted octanol–water partition coefficient (Wildman–Crippen LogP) is 3.91. The SMILES string of the molecule is O=C1C(Nc2ccccc2)=C(Nc2ccccc2)C(=O)c2c(O)ccc(O)c21. The van der Waals surface area contributed by atoms with E-state index in [2.05, 4.69) is 10.6 Å². The number of phenolic OH excluding ortho intramolecular Hbond substituents is 2. The summed E-state index contributed by atoms with van der Waals surface area (Å²) < 4.78 is 0. The Balaban J connectivity index is 1.88. The lowest BCUT2D eigenvalue weighted by atomic mass is 9.88. The molecule has 6 heteroatoms. The van der Waals surface area contributed by atoms with Crippen molar-refractivity contribution in [2.75, 3.05) is 10.6 Å². The van der Waals surface area contributed by atoms with Crippen LogP contribution in [0.4, 0.5) is 11.4 Å². The summed E-state index contributed by atoms with van der Waals surface area (Å²) in [5, 5.41) is 26.3. The summed E-state index contributed by atoms with van der Waals surface area (Å²) >= 11 is 0. The molecule has 4 N–H and O–H groups in total. The van der Waals surface area contributed by atoms with E-state index in [4.69, 9.17) is 0 Å². The van der Waals surface area contributed by atoms with Crippen LogP contribution in [0.25, 0.3) is 0 Å². The van der Waals surface area contributed by atoms with Crippen molar-refractivity contribution in [3.05, 3.63) is 95.3 Å². The van der Waals surface area contributed by atoms with Crippen molar-refractivity contribution in [2.45, 2.75) is 0 Å². The first-order valence-electron chi connectivity index (χ1n) is 8.59. The second kappa shape index (κ2) is 6.92. The highest BCUT2D eigenvalue weighted by molar-refractivity contribution is 6.30. The van der Waals surface area contributed by atoms with Gasteiger partial charge in [0, 0.05) is 11.4 Å². The molecule has 0 atom stereocenters. The molecule has 0 heterocycles. The minimum Gasteiger partial charge on any atom is -0.507 e. The zero-order valence-corrected chi connectivity index (χ0v) is 14.6. The Bertz CT molecular complexity index is 1020. The summed E-state index contributed by atoms with van der Waals surface area (Å²) in [5.41, 5.74) is 0.759. The van der Waals surface area contributed by atoms with Crippen molar-refractivity contribution in [3.63, 3.8) is 0 Å². The molecule has 0 saturated carbocycles. The number of carbonyl (C=O) groups excluding carboxylic acids is 2. The number of phenols is 2. The van der Waals surface area contributed by atoms with Crippen LogP contribution in [0.1, 0.15) is 20.7 Å². The number of Topliss-reactive ketones (excluding diaryl/α,β-unsaturated/α-hetero) is 2. The molecule has 0 radical (unpaired) electrons. The van der Waals surface area contributed by atoms with Gasteiger partial charge in [0.1, 0.15) is 22.9 Å². The van der Waals surface area contributed by atoms with Gasteiger partial charge in [-0.15, -0.1) is 0 Å². The van der Waals surface area contributed by atoms with E-state index < -0.39 is 11.6 Å². The summed E-state index contributed by atoms with van der Waals surface area (Å²) in [5.74, 6) is -1.91. The molecule has 28 heavy (non-hydrogen) atoms. The molecular formula is C22H16N2O4. The molecule has 0 saturated heterocycles. The number of rotatable bonds is 4. The number of carbonyl (C=O) groups is 2. The van der Waals surface area contributed by atoms with Crippen LogP contribution >= 0.6 is 0 Å². The van der Waals surface area contributed by atoms with E-state index >= 15 is 0 Å². The quantitative estimate of drug-likeness (QED) is 0.518. The van der Waals surface area contributed by atoms with Gasteiger partial charge in [0.2, 0.25) is 11.6 Å². The zero-order chi connectivity index (χ0) is 19.7. The first kappa shape index (κ1) is 17.4. The lowest BCUT2D eigenvalue weighted by Crippen LogP contribution is -2.29. The summed E-state index contributed by atoms with van der Waals surface area (Å²) in [6, 6.07) is 20.2. The van der Waals surface area contributed by atoms with Crippen LogP contribution in [-0.2, 0) is 0 Å². The molecule has 0 fully saturated rings. The highest BCUT2D eigenvalue weighted by Crippen LogP contribution is 2.37. The smallest absolute Gasteiger partial charge is 0.216 e. The van der Waals surface area contributed by atoms with Gasteiger partial charge in [-0.25, -0.2) is 0 Å². The molecule has 3 aromatic carbocycles. The molecule has 0 bridgehead atoms. The Morgan fingerprint density at radius 2 is 0.893 bits per heavy atom. The van der Waals surface area contributed by atoms with Crippen molar-refractivity contribution in [2.24, 2.45) is 0 Å². The Morgan fingerprint density at radius 1 is 0.536 bits per heavy atom. The molecule has 138 valence electrons. The van der Waals surface area contributed by atoms with Gasteiger partial charge in [0.05, 0.1) is 11.1 Å². The number of anilines is 2. The van der Waals surface area contributed by atoms with E-state index in [1.807, 2.05) is 12.1 Å². The number of aromatic hydroxyl groups is 2. The maximum Gasteiger partial charge on any atom is 0.216 e. The van der Waals surface area contributed by atoms with Gasteiger partial charge in [0.25, 0.3) is 0 Å². The maximum atomic E-state index is 13.2. The van der Waals surface area contributed by atoms with Crippen molar-refractivity contribution in [3.8, 4) is 11.5 Å². The Kier molecular flexibility index (Phi) is 4.29. The number of fused-ring (bicyclic) bond motifs is 1. The van der Waals surface area contributed by atoms with Crippen LogP contribution in [0, 0.1) is 0 Å². The maximum absolute atomic E-state index is 13.2. The Labute approximate surface area is 160 Å². The van der Waals surface area contributed by atoms with Crippen LogP contribution in [-0.4, -0.2) is 21.8 Å². The largest absolute Gasteiger partial charge is 0.507 e. The number of ketones is 2. The van der Waals surface area contributed by atoms with Crippen molar-refractivity contribution in [1.29, 1.82) is 0 Å². The van der Waals surface area contributed by atoms with Crippen LogP contribution in [0.3, 0.4) is 0 Å². The monoisotopic (exact) mass is 372 g/mol. The van der Waals surface area contributed by atoms with Crippen molar-refractivity contribution >= 4 is 22.9 Å². The molecule has 3 aromatic rings. The third-order valence-electron chi connectivity index (χ3n) is 4.41. The number of hydrogen-bond donors (Lipinski definition) is 4. The standard InChI is InChI=1S/C22H16N2O4/c25-15-11-12-16(26)18-17(15)21(27)19(23-13-7-3-1-4-8-13)20(22(18)28)24-14-9-5-2-6-10-14/h1-12,23-26H. The first-order chi connectivity index (χ1) is 13.6.